The van der Waals surface area contributed by atoms with Crippen LogP contribution >= 0.6 is 0 Å². The van der Waals surface area contributed by atoms with Gasteiger partial charge in [-0.3, -0.25) is 4.79 Å². The van der Waals surface area contributed by atoms with Crippen LogP contribution in [0.5, 0.6) is 0 Å². The molecule has 0 saturated heterocycles. The van der Waals surface area contributed by atoms with E-state index in [1.807, 2.05) is 19.9 Å². The average molecular weight is 256 g/mol. The second-order valence-corrected chi connectivity index (χ2v) is 4.99. The fourth-order valence-corrected chi connectivity index (χ4v) is 2.23. The van der Waals surface area contributed by atoms with Crippen LogP contribution in [-0.2, 0) is 6.42 Å². The number of rotatable bonds is 3. The Morgan fingerprint density at radius 2 is 1.74 bits per heavy atom. The summed E-state index contributed by atoms with van der Waals surface area (Å²) in [6, 6.07) is 12.0. The Kier molecular flexibility index (Phi) is 3.74. The molecule has 100 valence electrons. The van der Waals surface area contributed by atoms with Crippen LogP contribution in [0.4, 0.5) is 5.69 Å². The zero-order valence-corrected chi connectivity index (χ0v) is 11.7. The van der Waals surface area contributed by atoms with Crippen LogP contribution in [0.1, 0.15) is 32.4 Å². The molecule has 0 spiro atoms. The van der Waals surface area contributed by atoms with E-state index in [9.17, 15) is 4.79 Å². The van der Waals surface area contributed by atoms with Gasteiger partial charge >= 0.3 is 0 Å². The molecular formula is C16H20N2O. The molecule has 2 N–H and O–H groups in total. The molecule has 0 unspecified atom stereocenters. The highest BCUT2D eigenvalue weighted by Crippen LogP contribution is 2.22. The Bertz CT molecular complexity index is 624. The molecule has 0 bridgehead atoms. The molecule has 0 aliphatic carbocycles. The molecule has 0 saturated carbocycles. The van der Waals surface area contributed by atoms with Crippen LogP contribution < -0.4 is 11.3 Å². The van der Waals surface area contributed by atoms with Crippen LogP contribution in [0, 0.1) is 0 Å². The maximum atomic E-state index is 12.2. The molecule has 3 nitrogen and oxygen atoms in total. The lowest BCUT2D eigenvalue weighted by Crippen LogP contribution is -2.25. The summed E-state index contributed by atoms with van der Waals surface area (Å²) in [6.07, 6.45) is 1.01. The second-order valence-electron chi connectivity index (χ2n) is 4.99. The first-order valence-electron chi connectivity index (χ1n) is 6.65. The predicted octanol–water partition coefficient (Wildman–Crippen LogP) is 3.24. The van der Waals surface area contributed by atoms with Crippen molar-refractivity contribution in [3.63, 3.8) is 0 Å². The van der Waals surface area contributed by atoms with Gasteiger partial charge in [-0.25, -0.2) is 0 Å². The third-order valence-corrected chi connectivity index (χ3v) is 3.32. The topological polar surface area (TPSA) is 48.0 Å². The molecule has 2 rings (SSSR count). The van der Waals surface area contributed by atoms with Crippen molar-refractivity contribution in [1.29, 1.82) is 0 Å². The summed E-state index contributed by atoms with van der Waals surface area (Å²) in [6.45, 7) is 6.11. The van der Waals surface area contributed by atoms with Crippen molar-refractivity contribution in [1.82, 2.24) is 4.57 Å². The van der Waals surface area contributed by atoms with Crippen molar-refractivity contribution in [2.75, 3.05) is 5.73 Å². The lowest BCUT2D eigenvalue weighted by molar-refractivity contribution is 0.586. The standard InChI is InChI=1S/C16H20N2O/c1-4-12-5-7-13(8-6-12)15-10-9-14(17)16(19)18(15)11(2)3/h5-11H,4,17H2,1-3H3. The number of hydrogen-bond donors (Lipinski definition) is 1. The number of pyridine rings is 1. The Morgan fingerprint density at radius 3 is 2.26 bits per heavy atom. The summed E-state index contributed by atoms with van der Waals surface area (Å²) in [5, 5.41) is 0. The molecule has 1 heterocycles. The molecule has 19 heavy (non-hydrogen) atoms. The average Bonchev–Trinajstić information content (AvgIpc) is 2.41. The van der Waals surface area contributed by atoms with Crippen molar-refractivity contribution in [3.8, 4) is 11.3 Å². The summed E-state index contributed by atoms with van der Waals surface area (Å²) >= 11 is 0. The van der Waals surface area contributed by atoms with E-state index in [1.54, 1.807) is 10.6 Å². The van der Waals surface area contributed by atoms with Gasteiger partial charge in [-0.15, -0.1) is 0 Å². The molecule has 0 aliphatic heterocycles. The third-order valence-electron chi connectivity index (χ3n) is 3.32. The van der Waals surface area contributed by atoms with Crippen LogP contribution in [0.2, 0.25) is 0 Å². The van der Waals surface area contributed by atoms with E-state index in [0.717, 1.165) is 17.7 Å². The molecular weight excluding hydrogens is 236 g/mol. The summed E-state index contributed by atoms with van der Waals surface area (Å²) in [5.74, 6) is 0. The minimum absolute atomic E-state index is 0.0804. The van der Waals surface area contributed by atoms with Gasteiger partial charge in [0.1, 0.15) is 0 Å². The summed E-state index contributed by atoms with van der Waals surface area (Å²) < 4.78 is 1.75. The molecule has 0 radical (unpaired) electrons. The van der Waals surface area contributed by atoms with Crippen molar-refractivity contribution in [2.45, 2.75) is 33.2 Å². The zero-order valence-electron chi connectivity index (χ0n) is 11.7. The van der Waals surface area contributed by atoms with E-state index in [-0.39, 0.29) is 11.6 Å². The fourth-order valence-electron chi connectivity index (χ4n) is 2.23. The first-order chi connectivity index (χ1) is 9.04. The Balaban J connectivity index is 2.61. The van der Waals surface area contributed by atoms with Gasteiger partial charge in [0.2, 0.25) is 0 Å². The fraction of sp³-hybridized carbons (Fsp3) is 0.312. The monoisotopic (exact) mass is 256 g/mol. The minimum atomic E-state index is -0.118. The smallest absolute Gasteiger partial charge is 0.274 e. The second kappa shape index (κ2) is 5.31. The number of benzene rings is 1. The number of nitrogens with zero attached hydrogens (tertiary/aromatic N) is 1. The van der Waals surface area contributed by atoms with Gasteiger partial charge in [-0.1, -0.05) is 31.2 Å². The molecule has 0 amide bonds. The Hall–Kier alpha value is -2.03. The lowest BCUT2D eigenvalue weighted by Gasteiger charge is -2.17. The normalized spacial score (nSPS) is 10.9. The van der Waals surface area contributed by atoms with Crippen LogP contribution in [-0.4, -0.2) is 4.57 Å². The number of anilines is 1. The van der Waals surface area contributed by atoms with E-state index in [0.29, 0.717) is 5.69 Å². The third kappa shape index (κ3) is 2.55. The maximum Gasteiger partial charge on any atom is 0.274 e. The van der Waals surface area contributed by atoms with E-state index in [4.69, 9.17) is 5.73 Å². The Labute approximate surface area is 113 Å². The summed E-state index contributed by atoms with van der Waals surface area (Å²) in [5.41, 5.74) is 9.14. The zero-order chi connectivity index (χ0) is 14.0. The maximum absolute atomic E-state index is 12.2. The molecule has 0 fully saturated rings. The van der Waals surface area contributed by atoms with Crippen LogP contribution in [0.3, 0.4) is 0 Å². The van der Waals surface area contributed by atoms with Gasteiger partial charge in [-0.05, 0) is 43.5 Å². The number of nitrogens with two attached hydrogens (primary N) is 1. The first-order valence-corrected chi connectivity index (χ1v) is 6.65. The predicted molar refractivity (Wildman–Crippen MR) is 80.3 cm³/mol. The highest BCUT2D eigenvalue weighted by molar-refractivity contribution is 5.62. The largest absolute Gasteiger partial charge is 0.394 e. The molecule has 1 aromatic heterocycles. The van der Waals surface area contributed by atoms with Gasteiger partial charge in [-0.2, -0.15) is 0 Å². The van der Waals surface area contributed by atoms with Crippen molar-refractivity contribution in [2.24, 2.45) is 0 Å². The van der Waals surface area contributed by atoms with Gasteiger partial charge in [0.15, 0.2) is 0 Å². The lowest BCUT2D eigenvalue weighted by atomic mass is 10.1. The van der Waals surface area contributed by atoms with Gasteiger partial charge in [0, 0.05) is 6.04 Å². The van der Waals surface area contributed by atoms with Gasteiger partial charge in [0.25, 0.3) is 5.56 Å². The molecule has 0 atom stereocenters. The Morgan fingerprint density at radius 1 is 1.11 bits per heavy atom. The molecule has 1 aromatic carbocycles. The molecule has 0 aliphatic rings. The summed E-state index contributed by atoms with van der Waals surface area (Å²) in [7, 11) is 0. The van der Waals surface area contributed by atoms with E-state index in [2.05, 4.69) is 31.2 Å². The number of aromatic nitrogens is 1. The van der Waals surface area contributed by atoms with Crippen LogP contribution in [0.15, 0.2) is 41.2 Å². The quantitative estimate of drug-likeness (QED) is 0.916. The summed E-state index contributed by atoms with van der Waals surface area (Å²) in [4.78, 5) is 12.2. The molecule has 2 aromatic rings. The van der Waals surface area contributed by atoms with E-state index >= 15 is 0 Å². The van der Waals surface area contributed by atoms with Gasteiger partial charge in [0.05, 0.1) is 11.4 Å². The van der Waals surface area contributed by atoms with E-state index in [1.165, 1.54) is 5.56 Å². The van der Waals surface area contributed by atoms with Crippen LogP contribution in [0.25, 0.3) is 11.3 Å². The SMILES string of the molecule is CCc1ccc(-c2ccc(N)c(=O)n2C(C)C)cc1. The first kappa shape index (κ1) is 13.4. The van der Waals surface area contributed by atoms with E-state index < -0.39 is 0 Å². The highest BCUT2D eigenvalue weighted by Gasteiger charge is 2.11. The number of aryl methyl sites for hydroxylation is 1. The van der Waals surface area contributed by atoms with Crippen molar-refractivity contribution < 1.29 is 0 Å². The highest BCUT2D eigenvalue weighted by atomic mass is 16.1. The number of hydrogen-bond acceptors (Lipinski definition) is 2. The van der Waals surface area contributed by atoms with Crippen molar-refractivity contribution in [3.05, 3.63) is 52.3 Å². The number of nitrogen functional groups attached to an aromatic ring is 1. The minimum Gasteiger partial charge on any atom is -0.394 e. The van der Waals surface area contributed by atoms with Gasteiger partial charge < -0.3 is 10.3 Å². The van der Waals surface area contributed by atoms with Crippen molar-refractivity contribution >= 4 is 5.69 Å². The molecule has 3 heteroatoms.